The number of thioether (sulfide) groups is 1. The molecule has 0 radical (unpaired) electrons. The molecular weight excluding hydrogens is 280 g/mol. The predicted octanol–water partition coefficient (Wildman–Crippen LogP) is 2.15. The molecule has 104 valence electrons. The number of para-hydroxylation sites is 1. The largest absolute Gasteiger partial charge is 0.323 e. The van der Waals surface area contributed by atoms with E-state index in [-0.39, 0.29) is 18.1 Å². The van der Waals surface area contributed by atoms with E-state index < -0.39 is 4.92 Å². The minimum absolute atomic E-state index is 0.0729. The van der Waals surface area contributed by atoms with Crippen molar-refractivity contribution >= 4 is 29.0 Å². The highest BCUT2D eigenvalue weighted by molar-refractivity contribution is 7.98. The zero-order valence-corrected chi connectivity index (χ0v) is 11.5. The van der Waals surface area contributed by atoms with E-state index in [0.29, 0.717) is 5.69 Å². The molecule has 0 saturated heterocycles. The maximum Gasteiger partial charge on any atom is 0.307 e. The average Bonchev–Trinajstić information content (AvgIpc) is 2.88. The van der Waals surface area contributed by atoms with Gasteiger partial charge in [-0.3, -0.25) is 19.6 Å². The average molecular weight is 292 g/mol. The maximum atomic E-state index is 11.9. The van der Waals surface area contributed by atoms with E-state index >= 15 is 0 Å². The second-order valence-electron chi connectivity index (χ2n) is 3.90. The molecule has 1 aromatic heterocycles. The summed E-state index contributed by atoms with van der Waals surface area (Å²) >= 11 is 1.53. The first kappa shape index (κ1) is 14.1. The van der Waals surface area contributed by atoms with Crippen LogP contribution in [-0.4, -0.2) is 26.9 Å². The summed E-state index contributed by atoms with van der Waals surface area (Å²) < 4.78 is 1.23. The van der Waals surface area contributed by atoms with Crippen molar-refractivity contribution in [2.45, 2.75) is 11.4 Å². The lowest BCUT2D eigenvalue weighted by Crippen LogP contribution is -2.19. The van der Waals surface area contributed by atoms with Crippen LogP contribution in [0.5, 0.6) is 0 Å². The van der Waals surface area contributed by atoms with Gasteiger partial charge in [-0.1, -0.05) is 12.1 Å². The van der Waals surface area contributed by atoms with Crippen LogP contribution >= 0.6 is 11.8 Å². The molecule has 2 rings (SSSR count). The third-order valence-electron chi connectivity index (χ3n) is 2.52. The van der Waals surface area contributed by atoms with Crippen LogP contribution in [0, 0.1) is 10.1 Å². The Morgan fingerprint density at radius 2 is 2.25 bits per heavy atom. The van der Waals surface area contributed by atoms with Crippen LogP contribution in [0.1, 0.15) is 0 Å². The first-order valence-corrected chi connectivity index (χ1v) is 6.92. The maximum absolute atomic E-state index is 11.9. The van der Waals surface area contributed by atoms with Gasteiger partial charge in [0.25, 0.3) is 0 Å². The fourth-order valence-electron chi connectivity index (χ4n) is 1.62. The van der Waals surface area contributed by atoms with Gasteiger partial charge >= 0.3 is 5.69 Å². The Bertz CT molecular complexity index is 641. The molecule has 1 N–H and O–H groups in total. The molecule has 0 fully saturated rings. The van der Waals surface area contributed by atoms with E-state index in [0.717, 1.165) is 11.1 Å². The molecule has 0 unspecified atom stereocenters. The topological polar surface area (TPSA) is 90.1 Å². The quantitative estimate of drug-likeness (QED) is 0.518. The van der Waals surface area contributed by atoms with Crippen molar-refractivity contribution in [1.82, 2.24) is 9.78 Å². The highest BCUT2D eigenvalue weighted by Gasteiger charge is 2.12. The van der Waals surface area contributed by atoms with Gasteiger partial charge in [0.2, 0.25) is 5.91 Å². The molecule has 0 aliphatic heterocycles. The molecule has 8 heteroatoms. The second kappa shape index (κ2) is 6.20. The van der Waals surface area contributed by atoms with E-state index in [1.54, 1.807) is 6.07 Å². The first-order chi connectivity index (χ1) is 9.60. The number of hydrogen-bond donors (Lipinski definition) is 1. The highest BCUT2D eigenvalue weighted by atomic mass is 32.2. The number of carbonyl (C=O) groups excluding carboxylic acids is 1. The third-order valence-corrected chi connectivity index (χ3v) is 3.31. The molecule has 7 nitrogen and oxygen atoms in total. The third kappa shape index (κ3) is 3.35. The molecule has 0 spiro atoms. The summed E-state index contributed by atoms with van der Waals surface area (Å²) in [6.07, 6.45) is 4.25. The van der Waals surface area contributed by atoms with Gasteiger partial charge in [-0.15, -0.1) is 11.8 Å². The minimum Gasteiger partial charge on any atom is -0.323 e. The molecular formula is C12H12N4O3S. The molecule has 20 heavy (non-hydrogen) atoms. The van der Waals surface area contributed by atoms with Gasteiger partial charge in [-0.25, -0.2) is 0 Å². The van der Waals surface area contributed by atoms with Gasteiger partial charge in [0.15, 0.2) is 0 Å². The zero-order valence-electron chi connectivity index (χ0n) is 10.6. The molecule has 1 amide bonds. The summed E-state index contributed by atoms with van der Waals surface area (Å²) in [5.74, 6) is -0.288. The van der Waals surface area contributed by atoms with Crippen molar-refractivity contribution in [2.24, 2.45) is 0 Å². The summed E-state index contributed by atoms with van der Waals surface area (Å²) in [6.45, 7) is -0.0729. The van der Waals surface area contributed by atoms with Crippen LogP contribution in [0.25, 0.3) is 0 Å². The Kier molecular flexibility index (Phi) is 4.36. The highest BCUT2D eigenvalue weighted by Crippen LogP contribution is 2.24. The number of nitrogens with zero attached hydrogens (tertiary/aromatic N) is 3. The van der Waals surface area contributed by atoms with Gasteiger partial charge in [0, 0.05) is 4.90 Å². The van der Waals surface area contributed by atoms with E-state index in [1.165, 1.54) is 22.6 Å². The molecule has 0 aliphatic rings. The number of carbonyl (C=O) groups is 1. The number of anilines is 1. The lowest BCUT2D eigenvalue weighted by Gasteiger charge is -2.08. The summed E-state index contributed by atoms with van der Waals surface area (Å²) in [7, 11) is 0. The molecule has 0 atom stereocenters. The van der Waals surface area contributed by atoms with E-state index in [1.807, 2.05) is 24.5 Å². The van der Waals surface area contributed by atoms with Crippen molar-refractivity contribution in [3.8, 4) is 0 Å². The lowest BCUT2D eigenvalue weighted by atomic mass is 10.3. The lowest BCUT2D eigenvalue weighted by molar-refractivity contribution is -0.385. The van der Waals surface area contributed by atoms with Gasteiger partial charge in [0.05, 0.1) is 10.6 Å². The van der Waals surface area contributed by atoms with Crippen LogP contribution < -0.4 is 5.32 Å². The van der Waals surface area contributed by atoms with Crippen molar-refractivity contribution in [2.75, 3.05) is 11.6 Å². The minimum atomic E-state index is -0.551. The van der Waals surface area contributed by atoms with Crippen LogP contribution in [0.4, 0.5) is 11.4 Å². The number of nitrogens with one attached hydrogen (secondary N) is 1. The Hall–Kier alpha value is -2.35. The summed E-state index contributed by atoms with van der Waals surface area (Å²) in [5.41, 5.74) is 0.578. The molecule has 0 aliphatic carbocycles. The molecule has 1 aromatic carbocycles. The van der Waals surface area contributed by atoms with Crippen LogP contribution in [0.15, 0.2) is 41.6 Å². The number of aromatic nitrogens is 2. The summed E-state index contributed by atoms with van der Waals surface area (Å²) in [6, 6.07) is 7.42. The summed E-state index contributed by atoms with van der Waals surface area (Å²) in [4.78, 5) is 22.8. The number of rotatable bonds is 5. The van der Waals surface area contributed by atoms with Gasteiger partial charge in [-0.05, 0) is 18.4 Å². The number of benzene rings is 1. The van der Waals surface area contributed by atoms with E-state index in [9.17, 15) is 14.9 Å². The molecule has 1 heterocycles. The van der Waals surface area contributed by atoms with E-state index in [4.69, 9.17) is 0 Å². The first-order valence-electron chi connectivity index (χ1n) is 5.70. The van der Waals surface area contributed by atoms with Gasteiger partial charge in [0.1, 0.15) is 18.9 Å². The SMILES string of the molecule is CSc1ccccc1NC(=O)Cn1cc([N+](=O)[O-])cn1. The normalized spacial score (nSPS) is 10.2. The molecule has 0 saturated carbocycles. The Morgan fingerprint density at radius 1 is 1.50 bits per heavy atom. The van der Waals surface area contributed by atoms with Crippen LogP contribution in [0.3, 0.4) is 0 Å². The number of nitro groups is 1. The Morgan fingerprint density at radius 3 is 2.90 bits per heavy atom. The van der Waals surface area contributed by atoms with Gasteiger partial charge in [-0.2, -0.15) is 5.10 Å². The predicted molar refractivity (Wildman–Crippen MR) is 75.7 cm³/mol. The second-order valence-corrected chi connectivity index (χ2v) is 4.75. The Balaban J connectivity index is 2.03. The van der Waals surface area contributed by atoms with Crippen molar-refractivity contribution in [3.05, 3.63) is 46.8 Å². The summed E-state index contributed by atoms with van der Waals surface area (Å²) in [5, 5.41) is 17.1. The van der Waals surface area contributed by atoms with Gasteiger partial charge < -0.3 is 5.32 Å². The Labute approximate surface area is 119 Å². The number of amides is 1. The molecule has 0 bridgehead atoms. The fraction of sp³-hybridized carbons (Fsp3) is 0.167. The van der Waals surface area contributed by atoms with Crippen LogP contribution in [0.2, 0.25) is 0 Å². The molecule has 2 aromatic rings. The van der Waals surface area contributed by atoms with E-state index in [2.05, 4.69) is 10.4 Å². The van der Waals surface area contributed by atoms with Crippen molar-refractivity contribution in [3.63, 3.8) is 0 Å². The van der Waals surface area contributed by atoms with Crippen LogP contribution in [-0.2, 0) is 11.3 Å². The monoisotopic (exact) mass is 292 g/mol. The van der Waals surface area contributed by atoms with Crippen molar-refractivity contribution < 1.29 is 9.72 Å². The smallest absolute Gasteiger partial charge is 0.307 e. The zero-order chi connectivity index (χ0) is 14.5. The number of hydrogen-bond acceptors (Lipinski definition) is 5. The fourth-order valence-corrected chi connectivity index (χ4v) is 2.17. The van der Waals surface area contributed by atoms with Crippen molar-refractivity contribution in [1.29, 1.82) is 0 Å². The standard InChI is InChI=1S/C12H12N4O3S/c1-20-11-5-3-2-4-10(11)14-12(17)8-15-7-9(6-13-15)16(18)19/h2-7H,8H2,1H3,(H,14,17).